The predicted molar refractivity (Wildman–Crippen MR) is 126 cm³/mol. The number of aromatic nitrogens is 4. The number of aryl methyl sites for hydroxylation is 1. The molecule has 2 aromatic carbocycles. The number of carbonyl (C=O) groups is 1. The number of thioether (sulfide) groups is 1. The largest absolute Gasteiger partial charge is 0.353 e. The molecule has 166 valence electrons. The lowest BCUT2D eigenvalue weighted by atomic mass is 10.1. The molecular weight excluding hydrogens is 425 g/mol. The Morgan fingerprint density at radius 3 is 2.69 bits per heavy atom. The van der Waals surface area contributed by atoms with Crippen LogP contribution in [-0.4, -0.2) is 36.9 Å². The molecule has 0 saturated carbocycles. The van der Waals surface area contributed by atoms with E-state index < -0.39 is 0 Å². The van der Waals surface area contributed by atoms with Gasteiger partial charge in [0.2, 0.25) is 11.1 Å². The number of amides is 1. The second-order valence-electron chi connectivity index (χ2n) is 8.14. The summed E-state index contributed by atoms with van der Waals surface area (Å²) < 4.78 is 16.4. The maximum absolute atomic E-state index is 14.4. The van der Waals surface area contributed by atoms with Gasteiger partial charge >= 0.3 is 0 Å². The second kappa shape index (κ2) is 9.24. The van der Waals surface area contributed by atoms with Crippen molar-refractivity contribution in [1.29, 1.82) is 0 Å². The van der Waals surface area contributed by atoms with Crippen molar-refractivity contribution in [2.75, 3.05) is 0 Å². The Labute approximate surface area is 190 Å². The van der Waals surface area contributed by atoms with Crippen LogP contribution in [0.25, 0.3) is 22.1 Å². The van der Waals surface area contributed by atoms with E-state index in [1.165, 1.54) is 17.8 Å². The lowest BCUT2D eigenvalue weighted by Crippen LogP contribution is -2.37. The molecular formula is C24H26FN5OS. The molecule has 0 radical (unpaired) electrons. The van der Waals surface area contributed by atoms with E-state index in [0.717, 1.165) is 16.5 Å². The molecule has 0 spiro atoms. The molecule has 2 heterocycles. The highest BCUT2D eigenvalue weighted by Gasteiger charge is 2.22. The fourth-order valence-electron chi connectivity index (χ4n) is 3.69. The van der Waals surface area contributed by atoms with Crippen LogP contribution in [0.2, 0.25) is 0 Å². The molecule has 1 atom stereocenters. The Bertz CT molecular complexity index is 1290. The van der Waals surface area contributed by atoms with E-state index >= 15 is 0 Å². The molecule has 8 heteroatoms. The minimum absolute atomic E-state index is 0.0428. The van der Waals surface area contributed by atoms with Gasteiger partial charge in [0.05, 0.1) is 17.3 Å². The van der Waals surface area contributed by atoms with Gasteiger partial charge in [-0.1, -0.05) is 48.5 Å². The summed E-state index contributed by atoms with van der Waals surface area (Å²) in [5.41, 5.74) is 3.89. The number of benzene rings is 2. The van der Waals surface area contributed by atoms with Crippen molar-refractivity contribution in [2.45, 2.75) is 57.1 Å². The average Bonchev–Trinajstić information content (AvgIpc) is 3.05. The average molecular weight is 452 g/mol. The molecule has 2 aromatic heterocycles. The first kappa shape index (κ1) is 22.2. The van der Waals surface area contributed by atoms with Gasteiger partial charge in [-0.3, -0.25) is 4.79 Å². The minimum atomic E-state index is -0.316. The van der Waals surface area contributed by atoms with Gasteiger partial charge in [-0.2, -0.15) is 0 Å². The monoisotopic (exact) mass is 451 g/mol. The van der Waals surface area contributed by atoms with Gasteiger partial charge < -0.3 is 9.88 Å². The third-order valence-corrected chi connectivity index (χ3v) is 6.45. The highest BCUT2D eigenvalue weighted by atomic mass is 32.2. The molecule has 1 unspecified atom stereocenters. The Kier molecular flexibility index (Phi) is 6.41. The standard InChI is InChI=1S/C24H26FN5OS/c1-5-20(23(31)26-14(2)3)32-24-27-22-21(28-29-24)17-12-15(4)10-11-19(17)30(22)13-16-8-6-7-9-18(16)25/h6-12,14,20H,5,13H2,1-4H3,(H,26,31). The summed E-state index contributed by atoms with van der Waals surface area (Å²) in [4.78, 5) is 17.3. The molecule has 0 bridgehead atoms. The Morgan fingerprint density at radius 2 is 1.97 bits per heavy atom. The summed E-state index contributed by atoms with van der Waals surface area (Å²) in [6, 6.07) is 12.9. The lowest BCUT2D eigenvalue weighted by Gasteiger charge is -2.15. The first-order valence-electron chi connectivity index (χ1n) is 10.7. The summed E-state index contributed by atoms with van der Waals surface area (Å²) in [6.45, 7) is 8.17. The minimum Gasteiger partial charge on any atom is -0.353 e. The fraction of sp³-hybridized carbons (Fsp3) is 0.333. The quantitative estimate of drug-likeness (QED) is 0.406. The molecule has 0 fully saturated rings. The van der Waals surface area contributed by atoms with Crippen molar-refractivity contribution < 1.29 is 9.18 Å². The molecule has 1 amide bonds. The summed E-state index contributed by atoms with van der Waals surface area (Å²) in [7, 11) is 0. The molecule has 0 aliphatic carbocycles. The number of hydrogen-bond donors (Lipinski definition) is 1. The number of rotatable bonds is 7. The van der Waals surface area contributed by atoms with Crippen molar-refractivity contribution >= 4 is 39.7 Å². The molecule has 6 nitrogen and oxygen atoms in total. The molecule has 1 N–H and O–H groups in total. The van der Waals surface area contributed by atoms with Crippen LogP contribution in [0, 0.1) is 12.7 Å². The van der Waals surface area contributed by atoms with E-state index in [9.17, 15) is 9.18 Å². The van der Waals surface area contributed by atoms with Crippen molar-refractivity contribution in [3.05, 3.63) is 59.4 Å². The van der Waals surface area contributed by atoms with Crippen LogP contribution < -0.4 is 5.32 Å². The van der Waals surface area contributed by atoms with Crippen molar-refractivity contribution in [2.24, 2.45) is 0 Å². The molecule has 4 rings (SSSR count). The summed E-state index contributed by atoms with van der Waals surface area (Å²) >= 11 is 1.30. The lowest BCUT2D eigenvalue weighted by molar-refractivity contribution is -0.121. The number of carbonyl (C=O) groups excluding carboxylic acids is 1. The normalized spacial score (nSPS) is 12.6. The van der Waals surface area contributed by atoms with E-state index in [4.69, 9.17) is 4.98 Å². The van der Waals surface area contributed by atoms with Crippen LogP contribution in [-0.2, 0) is 11.3 Å². The number of nitrogens with one attached hydrogen (secondary N) is 1. The molecule has 0 saturated heterocycles. The number of nitrogens with zero attached hydrogens (tertiary/aromatic N) is 4. The fourth-order valence-corrected chi connectivity index (χ4v) is 4.51. The first-order chi connectivity index (χ1) is 15.4. The number of fused-ring (bicyclic) bond motifs is 3. The smallest absolute Gasteiger partial charge is 0.233 e. The van der Waals surface area contributed by atoms with Crippen LogP contribution in [0.5, 0.6) is 0 Å². The number of halogens is 1. The van der Waals surface area contributed by atoms with Gasteiger partial charge in [0.25, 0.3) is 0 Å². The molecule has 0 aliphatic rings. The second-order valence-corrected chi connectivity index (χ2v) is 9.31. The summed E-state index contributed by atoms with van der Waals surface area (Å²) in [5.74, 6) is -0.304. The van der Waals surface area contributed by atoms with E-state index in [-0.39, 0.29) is 23.0 Å². The van der Waals surface area contributed by atoms with Gasteiger partial charge in [-0.25, -0.2) is 9.37 Å². The zero-order valence-electron chi connectivity index (χ0n) is 18.6. The van der Waals surface area contributed by atoms with E-state index in [1.807, 2.05) is 56.5 Å². The van der Waals surface area contributed by atoms with E-state index in [1.54, 1.807) is 12.1 Å². The molecule has 0 aliphatic heterocycles. The van der Waals surface area contributed by atoms with Crippen molar-refractivity contribution in [1.82, 2.24) is 25.1 Å². The van der Waals surface area contributed by atoms with Gasteiger partial charge in [0.15, 0.2) is 5.65 Å². The van der Waals surface area contributed by atoms with Crippen LogP contribution in [0.15, 0.2) is 47.6 Å². The van der Waals surface area contributed by atoms with Gasteiger partial charge in [-0.15, -0.1) is 10.2 Å². The van der Waals surface area contributed by atoms with Gasteiger partial charge in [-0.05, 0) is 45.4 Å². The Hall–Kier alpha value is -3.00. The van der Waals surface area contributed by atoms with Crippen LogP contribution in [0.3, 0.4) is 0 Å². The third kappa shape index (κ3) is 4.46. The zero-order valence-corrected chi connectivity index (χ0v) is 19.4. The van der Waals surface area contributed by atoms with Crippen LogP contribution >= 0.6 is 11.8 Å². The highest BCUT2D eigenvalue weighted by molar-refractivity contribution is 8.00. The van der Waals surface area contributed by atoms with Crippen LogP contribution in [0.1, 0.15) is 38.3 Å². The van der Waals surface area contributed by atoms with Crippen LogP contribution in [0.4, 0.5) is 4.39 Å². The maximum Gasteiger partial charge on any atom is 0.233 e. The summed E-state index contributed by atoms with van der Waals surface area (Å²) in [6.07, 6.45) is 0.641. The number of hydrogen-bond acceptors (Lipinski definition) is 5. The van der Waals surface area contributed by atoms with Crippen molar-refractivity contribution in [3.63, 3.8) is 0 Å². The van der Waals surface area contributed by atoms with E-state index in [0.29, 0.717) is 34.8 Å². The van der Waals surface area contributed by atoms with Gasteiger partial charge in [0.1, 0.15) is 11.3 Å². The Balaban J connectivity index is 1.80. The van der Waals surface area contributed by atoms with Gasteiger partial charge in [0, 0.05) is 17.0 Å². The maximum atomic E-state index is 14.4. The third-order valence-electron chi connectivity index (χ3n) is 5.23. The predicted octanol–water partition coefficient (Wildman–Crippen LogP) is 4.87. The topological polar surface area (TPSA) is 72.7 Å². The zero-order chi connectivity index (χ0) is 22.8. The Morgan fingerprint density at radius 1 is 1.19 bits per heavy atom. The molecule has 32 heavy (non-hydrogen) atoms. The first-order valence-corrected chi connectivity index (χ1v) is 11.6. The van der Waals surface area contributed by atoms with Crippen molar-refractivity contribution in [3.8, 4) is 0 Å². The molecule has 4 aromatic rings. The van der Waals surface area contributed by atoms with E-state index in [2.05, 4.69) is 15.5 Å². The highest BCUT2D eigenvalue weighted by Crippen LogP contribution is 2.30. The SMILES string of the molecule is CCC(Sc1nnc2c3cc(C)ccc3n(Cc3ccccc3F)c2n1)C(=O)NC(C)C. The summed E-state index contributed by atoms with van der Waals surface area (Å²) in [5, 5.41) is 12.8.